The molecule has 9 heteroatoms. The van der Waals surface area contributed by atoms with Crippen molar-refractivity contribution in [3.05, 3.63) is 30.1 Å². The number of rotatable bonds is 5. The number of halogens is 1. The zero-order valence-corrected chi connectivity index (χ0v) is 15.1. The van der Waals surface area contributed by atoms with Gasteiger partial charge in [-0.25, -0.2) is 9.07 Å². The van der Waals surface area contributed by atoms with Gasteiger partial charge in [0.05, 0.1) is 17.5 Å². The summed E-state index contributed by atoms with van der Waals surface area (Å²) in [6, 6.07) is 6.89. The topological polar surface area (TPSA) is 67.2 Å². The summed E-state index contributed by atoms with van der Waals surface area (Å²) in [4.78, 5) is 16.2. The van der Waals surface area contributed by atoms with Gasteiger partial charge in [0, 0.05) is 26.2 Å². The molecule has 0 spiro atoms. The lowest BCUT2D eigenvalue weighted by atomic mass is 10.2. The quantitative estimate of drug-likeness (QED) is 0.754. The van der Waals surface area contributed by atoms with E-state index in [0.717, 1.165) is 0 Å². The number of anilines is 1. The number of amides is 1. The fourth-order valence-electron chi connectivity index (χ4n) is 2.73. The Morgan fingerprint density at radius 1 is 1.24 bits per heavy atom. The van der Waals surface area contributed by atoms with Gasteiger partial charge in [-0.1, -0.05) is 23.9 Å². The average Bonchev–Trinajstić information content (AvgIpc) is 3.09. The van der Waals surface area contributed by atoms with Gasteiger partial charge in [-0.05, 0) is 36.4 Å². The third-order valence-corrected chi connectivity index (χ3v) is 5.02. The molecule has 2 heterocycles. The predicted molar refractivity (Wildman–Crippen MR) is 94.1 cm³/mol. The Labute approximate surface area is 150 Å². The summed E-state index contributed by atoms with van der Waals surface area (Å²) in [5.41, 5.74) is 0.597. The van der Waals surface area contributed by atoms with Gasteiger partial charge in [0.15, 0.2) is 0 Å². The van der Waals surface area contributed by atoms with Gasteiger partial charge in [-0.15, -0.1) is 5.10 Å². The van der Waals surface area contributed by atoms with E-state index in [-0.39, 0.29) is 17.8 Å². The van der Waals surface area contributed by atoms with Crippen molar-refractivity contribution >= 4 is 23.4 Å². The van der Waals surface area contributed by atoms with Crippen molar-refractivity contribution in [1.29, 1.82) is 0 Å². The van der Waals surface area contributed by atoms with E-state index in [2.05, 4.69) is 15.5 Å². The van der Waals surface area contributed by atoms with Crippen LogP contribution in [0, 0.1) is 5.82 Å². The fourth-order valence-corrected chi connectivity index (χ4v) is 3.64. The maximum absolute atomic E-state index is 13.9. The van der Waals surface area contributed by atoms with Crippen molar-refractivity contribution in [2.45, 2.75) is 25.0 Å². The van der Waals surface area contributed by atoms with Crippen molar-refractivity contribution in [1.82, 2.24) is 25.1 Å². The molecule has 1 aliphatic heterocycles. The van der Waals surface area contributed by atoms with Crippen molar-refractivity contribution in [3.63, 3.8) is 0 Å². The van der Waals surface area contributed by atoms with Crippen molar-refractivity contribution < 1.29 is 9.18 Å². The van der Waals surface area contributed by atoms with Crippen LogP contribution in [0.25, 0.3) is 0 Å². The first kappa shape index (κ1) is 17.7. The SMILES string of the molecule is CC(C)n1nnnc1SCC(=O)N1CCN(c2ccccc2F)CC1. The lowest BCUT2D eigenvalue weighted by Gasteiger charge is -2.36. The summed E-state index contributed by atoms with van der Waals surface area (Å²) in [6.07, 6.45) is 0. The molecular weight excluding hydrogens is 343 g/mol. The van der Waals surface area contributed by atoms with Crippen molar-refractivity contribution in [3.8, 4) is 0 Å². The minimum Gasteiger partial charge on any atom is -0.366 e. The number of tetrazole rings is 1. The van der Waals surface area contributed by atoms with Crippen LogP contribution in [-0.4, -0.2) is 62.9 Å². The molecule has 7 nitrogen and oxygen atoms in total. The summed E-state index contributed by atoms with van der Waals surface area (Å²) < 4.78 is 15.6. The highest BCUT2D eigenvalue weighted by atomic mass is 32.2. The van der Waals surface area contributed by atoms with Crippen LogP contribution in [0.5, 0.6) is 0 Å². The van der Waals surface area contributed by atoms with E-state index in [1.165, 1.54) is 17.8 Å². The fraction of sp³-hybridized carbons (Fsp3) is 0.500. The Kier molecular flexibility index (Phi) is 5.52. The van der Waals surface area contributed by atoms with E-state index in [4.69, 9.17) is 0 Å². The molecule has 3 rings (SSSR count). The second-order valence-corrected chi connectivity index (χ2v) is 7.05. The Hall–Kier alpha value is -2.16. The molecule has 1 aliphatic rings. The first-order valence-electron chi connectivity index (χ1n) is 8.24. The van der Waals surface area contributed by atoms with Crippen LogP contribution >= 0.6 is 11.8 Å². The van der Waals surface area contributed by atoms with Gasteiger partial charge < -0.3 is 9.80 Å². The summed E-state index contributed by atoms with van der Waals surface area (Å²) in [5.74, 6) is 0.127. The Balaban J connectivity index is 1.52. The van der Waals surface area contributed by atoms with Crippen LogP contribution in [0.1, 0.15) is 19.9 Å². The van der Waals surface area contributed by atoms with Gasteiger partial charge in [-0.3, -0.25) is 4.79 Å². The number of benzene rings is 1. The lowest BCUT2D eigenvalue weighted by molar-refractivity contribution is -0.128. The maximum atomic E-state index is 13.9. The van der Waals surface area contributed by atoms with Crippen LogP contribution in [0.2, 0.25) is 0 Å². The number of aromatic nitrogens is 4. The number of carbonyl (C=O) groups excluding carboxylic acids is 1. The van der Waals surface area contributed by atoms with Crippen molar-refractivity contribution in [2.75, 3.05) is 36.8 Å². The van der Waals surface area contributed by atoms with Gasteiger partial charge in [0.2, 0.25) is 11.1 Å². The van der Waals surface area contributed by atoms with E-state index in [0.29, 0.717) is 42.8 Å². The highest BCUT2D eigenvalue weighted by molar-refractivity contribution is 7.99. The molecule has 0 saturated carbocycles. The van der Waals surface area contributed by atoms with Crippen molar-refractivity contribution in [2.24, 2.45) is 0 Å². The molecule has 0 atom stereocenters. The normalized spacial score (nSPS) is 15.0. The Bertz CT molecular complexity index is 729. The number of para-hydroxylation sites is 1. The minimum absolute atomic E-state index is 0.0523. The Morgan fingerprint density at radius 3 is 2.64 bits per heavy atom. The summed E-state index contributed by atoms with van der Waals surface area (Å²) in [6.45, 7) is 6.40. The molecule has 25 heavy (non-hydrogen) atoms. The third-order valence-electron chi connectivity index (χ3n) is 4.10. The number of hydrogen-bond acceptors (Lipinski definition) is 6. The van der Waals surface area contributed by atoms with Crippen LogP contribution in [0.15, 0.2) is 29.4 Å². The largest absolute Gasteiger partial charge is 0.366 e. The first-order chi connectivity index (χ1) is 12.1. The monoisotopic (exact) mass is 364 g/mol. The molecule has 1 fully saturated rings. The van der Waals surface area contributed by atoms with E-state index in [1.54, 1.807) is 16.8 Å². The van der Waals surface area contributed by atoms with Crippen LogP contribution in [0.4, 0.5) is 10.1 Å². The van der Waals surface area contributed by atoms with Crippen LogP contribution < -0.4 is 4.90 Å². The molecule has 0 aliphatic carbocycles. The first-order valence-corrected chi connectivity index (χ1v) is 9.22. The van der Waals surface area contributed by atoms with Gasteiger partial charge in [0.25, 0.3) is 0 Å². The van der Waals surface area contributed by atoms with E-state index < -0.39 is 0 Å². The number of hydrogen-bond donors (Lipinski definition) is 0. The molecule has 0 unspecified atom stereocenters. The molecule has 1 saturated heterocycles. The zero-order valence-electron chi connectivity index (χ0n) is 14.3. The van der Waals surface area contributed by atoms with Gasteiger partial charge in [0.1, 0.15) is 5.82 Å². The molecule has 0 radical (unpaired) electrons. The van der Waals surface area contributed by atoms with Crippen LogP contribution in [0.3, 0.4) is 0 Å². The summed E-state index contributed by atoms with van der Waals surface area (Å²) in [5, 5.41) is 12.2. The molecule has 0 bridgehead atoms. The smallest absolute Gasteiger partial charge is 0.233 e. The third kappa shape index (κ3) is 4.09. The Morgan fingerprint density at radius 2 is 1.96 bits per heavy atom. The van der Waals surface area contributed by atoms with Gasteiger partial charge in [-0.2, -0.15) is 0 Å². The summed E-state index contributed by atoms with van der Waals surface area (Å²) >= 11 is 1.35. The molecule has 1 amide bonds. The average molecular weight is 364 g/mol. The molecule has 1 aromatic heterocycles. The lowest BCUT2D eigenvalue weighted by Crippen LogP contribution is -2.49. The summed E-state index contributed by atoms with van der Waals surface area (Å²) in [7, 11) is 0. The number of carbonyl (C=O) groups is 1. The highest BCUT2D eigenvalue weighted by Crippen LogP contribution is 2.21. The van der Waals surface area contributed by atoms with Crippen LogP contribution in [-0.2, 0) is 4.79 Å². The number of piperazine rings is 1. The molecule has 1 aromatic carbocycles. The second-order valence-electron chi connectivity index (χ2n) is 6.11. The highest BCUT2D eigenvalue weighted by Gasteiger charge is 2.23. The number of nitrogens with zero attached hydrogens (tertiary/aromatic N) is 6. The van der Waals surface area contributed by atoms with E-state index in [9.17, 15) is 9.18 Å². The molecule has 0 N–H and O–H groups in total. The maximum Gasteiger partial charge on any atom is 0.233 e. The zero-order chi connectivity index (χ0) is 17.8. The minimum atomic E-state index is -0.224. The molecule has 2 aromatic rings. The van der Waals surface area contributed by atoms with Gasteiger partial charge >= 0.3 is 0 Å². The molecule has 134 valence electrons. The standard InChI is InChI=1S/C16H21FN6OS/c1-12(2)23-16(18-19-20-23)25-11-15(24)22-9-7-21(8-10-22)14-6-4-3-5-13(14)17/h3-6,12H,7-11H2,1-2H3. The number of thioether (sulfide) groups is 1. The predicted octanol–water partition coefficient (Wildman–Crippen LogP) is 1.83. The molecular formula is C16H21FN6OS. The van der Waals surface area contributed by atoms with E-state index in [1.807, 2.05) is 29.7 Å². The van der Waals surface area contributed by atoms with E-state index >= 15 is 0 Å². The second kappa shape index (κ2) is 7.81.